The normalized spacial score (nSPS) is 10.4. The van der Waals surface area contributed by atoms with Crippen LogP contribution in [0.2, 0.25) is 12.1 Å². The van der Waals surface area contributed by atoms with Gasteiger partial charge in [-0.2, -0.15) is 0 Å². The summed E-state index contributed by atoms with van der Waals surface area (Å²) in [7, 11) is -1.72. The van der Waals surface area contributed by atoms with Crippen LogP contribution in [0.15, 0.2) is 0 Å². The summed E-state index contributed by atoms with van der Waals surface area (Å²) in [6.07, 6.45) is 10.6. The lowest BCUT2D eigenvalue weighted by Gasteiger charge is -2.16. The Morgan fingerprint density at radius 2 is 1.56 bits per heavy atom. The molecule has 1 heteroatoms. The van der Waals surface area contributed by atoms with Crippen molar-refractivity contribution < 1.29 is 0 Å². The maximum absolute atomic E-state index is 5.29. The van der Waals surface area contributed by atoms with Crippen molar-refractivity contribution in [3.63, 3.8) is 0 Å². The molecular weight excluding hydrogens is 124 g/mol. The molecule has 0 amide bonds. The van der Waals surface area contributed by atoms with Gasteiger partial charge in [-0.25, -0.2) is 0 Å². The summed E-state index contributed by atoms with van der Waals surface area (Å²) in [5, 5.41) is 0. The van der Waals surface area contributed by atoms with Gasteiger partial charge in [0.25, 0.3) is 0 Å². The highest BCUT2D eigenvalue weighted by Crippen LogP contribution is 2.17. The van der Waals surface area contributed by atoms with Crippen molar-refractivity contribution in [1.29, 1.82) is 0 Å². The van der Waals surface area contributed by atoms with E-state index in [1.54, 1.807) is 0 Å². The first kappa shape index (κ1) is 8.34. The fourth-order valence-corrected chi connectivity index (χ4v) is 1.13. The Hall–Kier alpha value is -0.663. The molecule has 0 radical (unpaired) electrons. The lowest BCUT2D eigenvalue weighted by molar-refractivity contribution is 1.04. The fraction of sp³-hybridized carbons (Fsp3) is 0.500. The second-order valence-electron chi connectivity index (χ2n) is 2.65. The molecule has 0 aliphatic heterocycles. The molecule has 0 atom stereocenters. The van der Waals surface area contributed by atoms with Gasteiger partial charge in [0.2, 0.25) is 8.07 Å². The molecule has 9 heavy (non-hydrogen) atoms. The first-order valence-electron chi connectivity index (χ1n) is 3.02. The molecule has 0 bridgehead atoms. The van der Waals surface area contributed by atoms with Crippen molar-refractivity contribution in [2.75, 3.05) is 0 Å². The quantitative estimate of drug-likeness (QED) is 0.381. The Balaban J connectivity index is 4.39. The van der Waals surface area contributed by atoms with E-state index in [4.69, 9.17) is 12.8 Å². The van der Waals surface area contributed by atoms with Crippen LogP contribution in [0.3, 0.4) is 0 Å². The van der Waals surface area contributed by atoms with Crippen molar-refractivity contribution in [3.05, 3.63) is 0 Å². The molecule has 0 N–H and O–H groups in total. The van der Waals surface area contributed by atoms with Crippen molar-refractivity contribution in [2.45, 2.75) is 25.9 Å². The maximum Gasteiger partial charge on any atom is 0.215 e. The summed E-state index contributed by atoms with van der Waals surface area (Å²) in [4.78, 5) is 0. The molecule has 0 aromatic carbocycles. The monoisotopic (exact) mass is 136 g/mol. The lowest BCUT2D eigenvalue weighted by Crippen LogP contribution is -2.30. The van der Waals surface area contributed by atoms with Crippen LogP contribution in [-0.4, -0.2) is 8.07 Å². The second kappa shape index (κ2) is 2.76. The maximum atomic E-state index is 5.29. The second-order valence-corrected chi connectivity index (χ2v) is 6.78. The first-order chi connectivity index (χ1) is 4.06. The predicted octanol–water partition coefficient (Wildman–Crippen LogP) is 1.82. The van der Waals surface area contributed by atoms with Crippen LogP contribution in [0.1, 0.15) is 13.8 Å². The summed E-state index contributed by atoms with van der Waals surface area (Å²) >= 11 is 0. The molecule has 0 unspecified atom stereocenters. The van der Waals surface area contributed by atoms with Gasteiger partial charge in [-0.3, -0.25) is 0 Å². The number of terminal acetylenes is 2. The molecule has 0 rings (SSSR count). The molecule has 0 aliphatic rings. The third kappa shape index (κ3) is 1.63. The third-order valence-electron chi connectivity index (χ3n) is 1.75. The zero-order valence-corrected chi connectivity index (χ0v) is 7.23. The average molecular weight is 136 g/mol. The van der Waals surface area contributed by atoms with E-state index in [1.807, 2.05) is 6.55 Å². The van der Waals surface area contributed by atoms with Gasteiger partial charge in [-0.1, -0.05) is 13.8 Å². The molecule has 0 aromatic heterocycles. The van der Waals surface area contributed by atoms with Gasteiger partial charge in [-0.15, -0.1) is 23.9 Å². The molecule has 0 saturated carbocycles. The van der Waals surface area contributed by atoms with E-state index in [9.17, 15) is 0 Å². The van der Waals surface area contributed by atoms with E-state index < -0.39 is 8.07 Å². The largest absolute Gasteiger partial charge is 0.215 e. The van der Waals surface area contributed by atoms with Crippen molar-refractivity contribution in [1.82, 2.24) is 0 Å². The van der Waals surface area contributed by atoms with Crippen LogP contribution in [0, 0.1) is 23.9 Å². The Morgan fingerprint density at radius 3 is 1.56 bits per heavy atom. The SMILES string of the molecule is C#C[Si](C)(C#C)C(C)C. The number of hydrogen-bond acceptors (Lipinski definition) is 0. The van der Waals surface area contributed by atoms with Crippen LogP contribution in [-0.2, 0) is 0 Å². The predicted molar refractivity (Wildman–Crippen MR) is 44.4 cm³/mol. The molecular formula is C8H12Si. The van der Waals surface area contributed by atoms with Gasteiger partial charge < -0.3 is 0 Å². The minimum absolute atomic E-state index is 0.493. The van der Waals surface area contributed by atoms with Gasteiger partial charge >= 0.3 is 0 Å². The van der Waals surface area contributed by atoms with Gasteiger partial charge in [0.1, 0.15) is 0 Å². The molecule has 0 fully saturated rings. The van der Waals surface area contributed by atoms with E-state index >= 15 is 0 Å². The Labute approximate surface area is 58.7 Å². The minimum atomic E-state index is -1.72. The summed E-state index contributed by atoms with van der Waals surface area (Å²) in [6, 6.07) is 0. The molecule has 0 nitrogen and oxygen atoms in total. The summed E-state index contributed by atoms with van der Waals surface area (Å²) < 4.78 is 0. The molecule has 0 saturated heterocycles. The van der Waals surface area contributed by atoms with Crippen molar-refractivity contribution >= 4 is 8.07 Å². The average Bonchev–Trinajstić information content (AvgIpc) is 1.86. The first-order valence-corrected chi connectivity index (χ1v) is 5.60. The van der Waals surface area contributed by atoms with Gasteiger partial charge in [-0.05, 0) is 12.1 Å². The number of rotatable bonds is 1. The van der Waals surface area contributed by atoms with Gasteiger partial charge in [0.15, 0.2) is 0 Å². The highest BCUT2D eigenvalue weighted by atomic mass is 28.3. The summed E-state index contributed by atoms with van der Waals surface area (Å²) in [6.45, 7) is 6.22. The van der Waals surface area contributed by atoms with Crippen LogP contribution < -0.4 is 0 Å². The zero-order valence-electron chi connectivity index (χ0n) is 6.23. The minimum Gasteiger partial charge on any atom is -0.126 e. The van der Waals surface area contributed by atoms with E-state index in [0.717, 1.165) is 0 Å². The Bertz CT molecular complexity index is 152. The van der Waals surface area contributed by atoms with E-state index in [-0.39, 0.29) is 0 Å². The lowest BCUT2D eigenvalue weighted by atomic mass is 10.6. The van der Waals surface area contributed by atoms with Crippen LogP contribution in [0.4, 0.5) is 0 Å². The molecule has 48 valence electrons. The van der Waals surface area contributed by atoms with Crippen molar-refractivity contribution in [3.8, 4) is 23.9 Å². The Kier molecular flexibility index (Phi) is 2.55. The summed E-state index contributed by atoms with van der Waals surface area (Å²) in [5.74, 6) is 0. The number of hydrogen-bond donors (Lipinski definition) is 0. The Morgan fingerprint density at radius 1 is 1.22 bits per heavy atom. The van der Waals surface area contributed by atoms with E-state index in [0.29, 0.717) is 5.54 Å². The van der Waals surface area contributed by atoms with Crippen LogP contribution >= 0.6 is 0 Å². The topological polar surface area (TPSA) is 0 Å². The van der Waals surface area contributed by atoms with E-state index in [2.05, 4.69) is 24.9 Å². The third-order valence-corrected chi connectivity index (χ3v) is 5.26. The van der Waals surface area contributed by atoms with Crippen LogP contribution in [0.5, 0.6) is 0 Å². The van der Waals surface area contributed by atoms with Gasteiger partial charge in [0, 0.05) is 0 Å². The highest BCUT2D eigenvalue weighted by Gasteiger charge is 2.26. The van der Waals surface area contributed by atoms with Crippen molar-refractivity contribution in [2.24, 2.45) is 0 Å². The standard InChI is InChI=1S/C8H12Si/c1-6-9(5,7-2)8(3)4/h1-2,8H,3-5H3. The smallest absolute Gasteiger partial charge is 0.126 e. The van der Waals surface area contributed by atoms with Gasteiger partial charge in [0.05, 0.1) is 0 Å². The fourth-order valence-electron chi connectivity index (χ4n) is 0.375. The molecule has 0 heterocycles. The highest BCUT2D eigenvalue weighted by molar-refractivity contribution is 6.94. The molecule has 0 aliphatic carbocycles. The zero-order chi connectivity index (χ0) is 7.49. The van der Waals surface area contributed by atoms with Crippen LogP contribution in [0.25, 0.3) is 0 Å². The summed E-state index contributed by atoms with van der Waals surface area (Å²) in [5.41, 5.74) is 5.95. The molecule has 0 aromatic rings. The molecule has 0 spiro atoms. The van der Waals surface area contributed by atoms with E-state index in [1.165, 1.54) is 0 Å².